The Kier molecular flexibility index (Phi) is 4.78. The van der Waals surface area contributed by atoms with Crippen LogP contribution in [0.4, 0.5) is 0 Å². The van der Waals surface area contributed by atoms with Crippen LogP contribution in [0.1, 0.15) is 23.2 Å². The number of aromatic nitrogens is 1. The molecule has 5 nitrogen and oxygen atoms in total. The Morgan fingerprint density at radius 1 is 1.62 bits per heavy atom. The molecule has 2 aliphatic rings. The van der Waals surface area contributed by atoms with Crippen molar-refractivity contribution in [1.82, 2.24) is 15.2 Å². The van der Waals surface area contributed by atoms with Crippen molar-refractivity contribution in [3.8, 4) is 0 Å². The highest BCUT2D eigenvalue weighted by Gasteiger charge is 2.32. The number of nitrogens with one attached hydrogen (secondary N) is 1. The number of carbonyl (C=O) groups excluding carboxylic acids is 1. The van der Waals surface area contributed by atoms with Gasteiger partial charge in [-0.05, 0) is 41.4 Å². The van der Waals surface area contributed by atoms with Crippen molar-refractivity contribution < 1.29 is 9.53 Å². The summed E-state index contributed by atoms with van der Waals surface area (Å²) in [5.74, 6) is -0.221. The fourth-order valence-electron chi connectivity index (χ4n) is 2.89. The smallest absolute Gasteiger partial charge is 0.254 e. The third-order valence-corrected chi connectivity index (χ3v) is 4.74. The zero-order valence-corrected chi connectivity index (χ0v) is 13.9. The van der Waals surface area contributed by atoms with Gasteiger partial charge < -0.3 is 10.1 Å². The minimum absolute atomic E-state index is 0.0437. The minimum atomic E-state index is -0.221. The number of nitrogens with zero attached hydrogens (tertiary/aromatic N) is 2. The summed E-state index contributed by atoms with van der Waals surface area (Å²) in [4.78, 5) is 18.6. The lowest BCUT2D eigenvalue weighted by molar-refractivity contribution is -0.0461. The number of hydrogen-bond donors (Lipinski definition) is 1. The monoisotopic (exact) mass is 373 g/mol. The first-order valence-electron chi connectivity index (χ1n) is 7.08. The Labute approximate surface area is 137 Å². The molecule has 0 bridgehead atoms. The van der Waals surface area contributed by atoms with Gasteiger partial charge in [0, 0.05) is 29.8 Å². The molecule has 3 rings (SSSR count). The Bertz CT molecular complexity index is 543. The minimum Gasteiger partial charge on any atom is -0.373 e. The molecule has 1 aromatic heterocycles. The molecule has 0 radical (unpaired) electrons. The summed E-state index contributed by atoms with van der Waals surface area (Å²) in [7, 11) is 0. The van der Waals surface area contributed by atoms with E-state index in [1.807, 2.05) is 0 Å². The molecule has 21 heavy (non-hydrogen) atoms. The molecule has 0 spiro atoms. The number of amides is 1. The van der Waals surface area contributed by atoms with Crippen LogP contribution in [0, 0.1) is 0 Å². The zero-order chi connectivity index (χ0) is 14.8. The van der Waals surface area contributed by atoms with E-state index in [0.29, 0.717) is 18.2 Å². The van der Waals surface area contributed by atoms with Crippen molar-refractivity contribution in [3.63, 3.8) is 0 Å². The molecule has 2 aliphatic heterocycles. The van der Waals surface area contributed by atoms with Crippen LogP contribution >= 0.6 is 27.5 Å². The first-order chi connectivity index (χ1) is 10.1. The highest BCUT2D eigenvalue weighted by atomic mass is 79.9. The molecule has 2 saturated heterocycles. The third kappa shape index (κ3) is 3.56. The van der Waals surface area contributed by atoms with Crippen molar-refractivity contribution in [3.05, 3.63) is 27.5 Å². The van der Waals surface area contributed by atoms with Crippen LogP contribution in [0.3, 0.4) is 0 Å². The molecule has 1 N–H and O–H groups in total. The van der Waals surface area contributed by atoms with E-state index in [4.69, 9.17) is 16.3 Å². The number of fused-ring (bicyclic) bond motifs is 1. The number of hydrogen-bond acceptors (Lipinski definition) is 4. The summed E-state index contributed by atoms with van der Waals surface area (Å²) >= 11 is 9.24. The molecular formula is C14H17BrClN3O2. The molecule has 3 heterocycles. The van der Waals surface area contributed by atoms with Gasteiger partial charge in [-0.3, -0.25) is 9.69 Å². The first-order valence-corrected chi connectivity index (χ1v) is 8.25. The number of halogens is 2. The molecular weight excluding hydrogens is 358 g/mol. The lowest BCUT2D eigenvalue weighted by Gasteiger charge is -2.35. The summed E-state index contributed by atoms with van der Waals surface area (Å²) < 4.78 is 6.55. The van der Waals surface area contributed by atoms with Crippen LogP contribution in [0.2, 0.25) is 5.15 Å². The number of pyridine rings is 1. The lowest BCUT2D eigenvalue weighted by Crippen LogP contribution is -2.50. The fraction of sp³-hybridized carbons (Fsp3) is 0.571. The van der Waals surface area contributed by atoms with E-state index in [1.165, 1.54) is 12.8 Å². The molecule has 2 atom stereocenters. The Balaban J connectivity index is 1.55. The van der Waals surface area contributed by atoms with Crippen LogP contribution in [0.5, 0.6) is 0 Å². The maximum atomic E-state index is 12.2. The average molecular weight is 375 g/mol. The normalized spacial score (nSPS) is 25.6. The second-order valence-electron chi connectivity index (χ2n) is 5.45. The van der Waals surface area contributed by atoms with E-state index in [0.717, 1.165) is 24.2 Å². The van der Waals surface area contributed by atoms with Gasteiger partial charge in [0.1, 0.15) is 5.15 Å². The lowest BCUT2D eigenvalue weighted by atomic mass is 10.2. The van der Waals surface area contributed by atoms with Gasteiger partial charge in [0.05, 0.1) is 18.3 Å². The van der Waals surface area contributed by atoms with E-state index in [-0.39, 0.29) is 17.2 Å². The Morgan fingerprint density at radius 2 is 2.48 bits per heavy atom. The van der Waals surface area contributed by atoms with Crippen molar-refractivity contribution in [2.75, 3.05) is 26.2 Å². The van der Waals surface area contributed by atoms with Crippen LogP contribution in [0.15, 0.2) is 16.7 Å². The maximum Gasteiger partial charge on any atom is 0.254 e. The summed E-state index contributed by atoms with van der Waals surface area (Å²) in [6, 6.07) is 2.24. The predicted octanol–water partition coefficient (Wildman–Crippen LogP) is 2.09. The predicted molar refractivity (Wildman–Crippen MR) is 83.6 cm³/mol. The van der Waals surface area contributed by atoms with E-state index in [1.54, 1.807) is 12.3 Å². The summed E-state index contributed by atoms with van der Waals surface area (Å²) in [6.45, 7) is 3.28. The van der Waals surface area contributed by atoms with Crippen LogP contribution < -0.4 is 5.32 Å². The Hall–Kier alpha value is -0.690. The SMILES string of the molecule is O=C(NCC1CN2CCCC2CO1)c1cc(Br)cnc1Cl. The van der Waals surface area contributed by atoms with Gasteiger partial charge in [-0.1, -0.05) is 11.6 Å². The van der Waals surface area contributed by atoms with Gasteiger partial charge >= 0.3 is 0 Å². The molecule has 1 aromatic rings. The molecule has 0 aromatic carbocycles. The molecule has 0 saturated carbocycles. The van der Waals surface area contributed by atoms with Crippen LogP contribution in [-0.2, 0) is 4.74 Å². The van der Waals surface area contributed by atoms with Crippen LogP contribution in [-0.4, -0.2) is 54.2 Å². The zero-order valence-electron chi connectivity index (χ0n) is 11.5. The van der Waals surface area contributed by atoms with E-state index in [2.05, 4.69) is 31.1 Å². The number of morpholine rings is 1. The quantitative estimate of drug-likeness (QED) is 0.823. The van der Waals surface area contributed by atoms with Gasteiger partial charge in [-0.25, -0.2) is 4.98 Å². The van der Waals surface area contributed by atoms with Crippen molar-refractivity contribution >= 4 is 33.4 Å². The van der Waals surface area contributed by atoms with Gasteiger partial charge in [0.25, 0.3) is 5.91 Å². The van der Waals surface area contributed by atoms with Gasteiger partial charge in [0.2, 0.25) is 0 Å². The molecule has 2 unspecified atom stereocenters. The second-order valence-corrected chi connectivity index (χ2v) is 6.72. The van der Waals surface area contributed by atoms with E-state index < -0.39 is 0 Å². The first kappa shape index (κ1) is 15.2. The van der Waals surface area contributed by atoms with Gasteiger partial charge in [0.15, 0.2) is 0 Å². The maximum absolute atomic E-state index is 12.2. The average Bonchev–Trinajstić information content (AvgIpc) is 2.94. The topological polar surface area (TPSA) is 54.5 Å². The fourth-order valence-corrected chi connectivity index (χ4v) is 3.41. The third-order valence-electron chi connectivity index (χ3n) is 4.00. The number of ether oxygens (including phenoxy) is 1. The molecule has 0 aliphatic carbocycles. The van der Waals surface area contributed by atoms with Crippen molar-refractivity contribution in [2.45, 2.75) is 25.0 Å². The molecule has 1 amide bonds. The van der Waals surface area contributed by atoms with E-state index >= 15 is 0 Å². The highest BCUT2D eigenvalue weighted by molar-refractivity contribution is 9.10. The summed E-state index contributed by atoms with van der Waals surface area (Å²) in [5, 5.41) is 3.09. The van der Waals surface area contributed by atoms with Crippen LogP contribution in [0.25, 0.3) is 0 Å². The molecule has 7 heteroatoms. The van der Waals surface area contributed by atoms with Gasteiger partial charge in [-0.2, -0.15) is 0 Å². The van der Waals surface area contributed by atoms with Crippen molar-refractivity contribution in [2.24, 2.45) is 0 Å². The summed E-state index contributed by atoms with van der Waals surface area (Å²) in [5.41, 5.74) is 0.376. The van der Waals surface area contributed by atoms with Gasteiger partial charge in [-0.15, -0.1) is 0 Å². The highest BCUT2D eigenvalue weighted by Crippen LogP contribution is 2.22. The summed E-state index contributed by atoms with van der Waals surface area (Å²) in [6.07, 6.45) is 4.07. The largest absolute Gasteiger partial charge is 0.373 e. The van der Waals surface area contributed by atoms with E-state index in [9.17, 15) is 4.79 Å². The molecule has 114 valence electrons. The second kappa shape index (κ2) is 6.60. The number of carbonyl (C=O) groups is 1. The van der Waals surface area contributed by atoms with Crippen molar-refractivity contribution in [1.29, 1.82) is 0 Å². The Morgan fingerprint density at radius 3 is 3.33 bits per heavy atom. The number of rotatable bonds is 3. The molecule has 2 fully saturated rings. The standard InChI is InChI=1S/C14H17BrClN3O2/c15-9-4-12(13(16)17-5-9)14(20)18-6-11-7-19-3-1-2-10(19)8-21-11/h4-5,10-11H,1-3,6-8H2,(H,18,20).